The zero-order valence-electron chi connectivity index (χ0n) is 9.57. The van der Waals surface area contributed by atoms with E-state index in [0.717, 1.165) is 0 Å². The first-order valence-corrected chi connectivity index (χ1v) is 9.06. The van der Waals surface area contributed by atoms with Crippen LogP contribution in [0.1, 0.15) is 6.42 Å². The second kappa shape index (κ2) is 5.49. The predicted octanol–water partition coefficient (Wildman–Crippen LogP) is 4.80. The summed E-state index contributed by atoms with van der Waals surface area (Å²) in [7, 11) is 0. The van der Waals surface area contributed by atoms with Crippen molar-refractivity contribution in [1.82, 2.24) is 0 Å². The minimum Gasteiger partial charge on any atom is -0.481 e. The van der Waals surface area contributed by atoms with Crippen LogP contribution in [0.15, 0.2) is 23.1 Å². The van der Waals surface area contributed by atoms with Crippen LogP contribution in [0.5, 0.6) is 0 Å². The molecule has 2 rings (SSSR count). The van der Waals surface area contributed by atoms with E-state index in [4.69, 9.17) is 5.11 Å². The molecule has 0 aromatic rings. The van der Waals surface area contributed by atoms with Crippen LogP contribution in [0.3, 0.4) is 0 Å². The van der Waals surface area contributed by atoms with Gasteiger partial charge in [0.05, 0.1) is 7.35 Å². The van der Waals surface area contributed by atoms with Crippen LogP contribution in [0.25, 0.3) is 0 Å². The van der Waals surface area contributed by atoms with Crippen LogP contribution in [-0.4, -0.2) is 22.6 Å². The predicted molar refractivity (Wildman–Crippen MR) is 90.1 cm³/mol. The second-order valence-corrected chi connectivity index (χ2v) is 11.1. The van der Waals surface area contributed by atoms with Gasteiger partial charge in [-0.05, 0) is 0 Å². The lowest BCUT2D eigenvalue weighted by molar-refractivity contribution is -0.138. The molecule has 1 saturated carbocycles. The van der Waals surface area contributed by atoms with Gasteiger partial charge in [0.15, 0.2) is 11.5 Å². The number of allylic oxidation sites excluding steroid dienone is 4. The average molecular weight is 628 g/mol. The van der Waals surface area contributed by atoms with Gasteiger partial charge in [-0.15, -0.1) is 0 Å². The van der Waals surface area contributed by atoms with E-state index in [1.165, 1.54) is 0 Å². The van der Waals surface area contributed by atoms with Crippen molar-refractivity contribution >= 4 is 73.7 Å². The van der Waals surface area contributed by atoms with Gasteiger partial charge in [0.25, 0.3) is 0 Å². The Morgan fingerprint density at radius 2 is 1.90 bits per heavy atom. The molecular formula is C11H7F4I3O2. The van der Waals surface area contributed by atoms with Crippen LogP contribution in [0.2, 0.25) is 0 Å². The minimum absolute atomic E-state index is 0.374. The SMILES string of the molecule is O=C(O)C1C(C2=C(F)C(F)(CI)CC(F)=C2F)C1(I)I. The summed E-state index contributed by atoms with van der Waals surface area (Å²) in [6.45, 7) is 0. The number of hydrogen-bond donors (Lipinski definition) is 1. The number of rotatable bonds is 3. The van der Waals surface area contributed by atoms with Crippen molar-refractivity contribution in [2.24, 2.45) is 11.8 Å². The first kappa shape index (κ1) is 17.2. The zero-order chi connectivity index (χ0) is 15.5. The summed E-state index contributed by atoms with van der Waals surface area (Å²) in [6.07, 6.45) is -0.989. The molecule has 0 aromatic carbocycles. The van der Waals surface area contributed by atoms with Gasteiger partial charge in [0.1, 0.15) is 11.7 Å². The van der Waals surface area contributed by atoms with Crippen LogP contribution in [0, 0.1) is 11.8 Å². The van der Waals surface area contributed by atoms with Crippen molar-refractivity contribution < 1.29 is 27.5 Å². The first-order valence-electron chi connectivity index (χ1n) is 5.38. The zero-order valence-corrected chi connectivity index (χ0v) is 16.0. The van der Waals surface area contributed by atoms with Crippen molar-refractivity contribution in [3.63, 3.8) is 0 Å². The average Bonchev–Trinajstić information content (AvgIpc) is 2.90. The molecule has 1 N–H and O–H groups in total. The fourth-order valence-corrected chi connectivity index (χ4v) is 5.10. The third kappa shape index (κ3) is 2.52. The van der Waals surface area contributed by atoms with E-state index in [-0.39, 0.29) is 4.43 Å². The molecule has 0 radical (unpaired) electrons. The van der Waals surface area contributed by atoms with E-state index in [1.807, 2.05) is 0 Å². The van der Waals surface area contributed by atoms with E-state index in [2.05, 4.69) is 0 Å². The molecule has 0 saturated heterocycles. The Hall–Kier alpha value is 0.860. The lowest BCUT2D eigenvalue weighted by Gasteiger charge is -2.27. The molecule has 2 aliphatic rings. The van der Waals surface area contributed by atoms with Crippen molar-refractivity contribution in [2.75, 3.05) is 4.43 Å². The van der Waals surface area contributed by atoms with Crippen LogP contribution in [0.4, 0.5) is 17.6 Å². The lowest BCUT2D eigenvalue weighted by Crippen LogP contribution is -2.31. The number of halogens is 7. The Bertz CT molecular complexity index is 546. The number of aliphatic carboxylic acids is 1. The molecule has 2 nitrogen and oxygen atoms in total. The van der Waals surface area contributed by atoms with Crippen LogP contribution < -0.4 is 0 Å². The fourth-order valence-electron chi connectivity index (χ4n) is 2.26. The molecular weight excluding hydrogens is 621 g/mol. The standard InChI is InChI=1S/C11H7F4I3O2/c12-3-1-10(15,2-16)8(14)4(7(3)13)5-6(9(19)20)11(5,17)18/h5-6H,1-2H2,(H,19,20). The molecule has 3 atom stereocenters. The maximum atomic E-state index is 14.3. The summed E-state index contributed by atoms with van der Waals surface area (Å²) in [5.74, 6) is -7.58. The van der Waals surface area contributed by atoms with Gasteiger partial charge in [0.2, 0.25) is 0 Å². The molecule has 0 amide bonds. The van der Waals surface area contributed by atoms with Crippen molar-refractivity contribution in [1.29, 1.82) is 0 Å². The number of carbonyl (C=O) groups is 1. The van der Waals surface area contributed by atoms with Crippen LogP contribution >= 0.6 is 67.8 Å². The molecule has 0 aromatic heterocycles. The molecule has 9 heteroatoms. The van der Waals surface area contributed by atoms with Gasteiger partial charge in [-0.3, -0.25) is 4.79 Å². The third-order valence-corrected chi connectivity index (χ3v) is 7.28. The maximum Gasteiger partial charge on any atom is 0.309 e. The number of alkyl halides is 4. The highest BCUT2D eigenvalue weighted by atomic mass is 127. The summed E-state index contributed by atoms with van der Waals surface area (Å²) in [6, 6.07) is 0. The molecule has 0 spiro atoms. The monoisotopic (exact) mass is 628 g/mol. The number of carboxylic acids is 1. The van der Waals surface area contributed by atoms with Gasteiger partial charge >= 0.3 is 5.97 Å². The van der Waals surface area contributed by atoms with Gasteiger partial charge in [-0.25, -0.2) is 17.6 Å². The highest BCUT2D eigenvalue weighted by Crippen LogP contribution is 2.68. The number of carboxylic acid groups (broad SMARTS) is 1. The van der Waals surface area contributed by atoms with Crippen LogP contribution in [-0.2, 0) is 4.79 Å². The smallest absolute Gasteiger partial charge is 0.309 e. The van der Waals surface area contributed by atoms with Crippen molar-refractivity contribution in [2.45, 2.75) is 13.5 Å². The van der Waals surface area contributed by atoms with E-state index in [0.29, 0.717) is 0 Å². The van der Waals surface area contributed by atoms with E-state index >= 15 is 0 Å². The van der Waals surface area contributed by atoms with Gasteiger partial charge in [-0.1, -0.05) is 67.8 Å². The minimum atomic E-state index is -2.61. The maximum absolute atomic E-state index is 14.3. The summed E-state index contributed by atoms with van der Waals surface area (Å²) in [5, 5.41) is 9.03. The normalized spacial score (nSPS) is 36.4. The molecule has 3 unspecified atom stereocenters. The molecule has 1 fully saturated rings. The Morgan fingerprint density at radius 1 is 1.35 bits per heavy atom. The summed E-state index contributed by atoms with van der Waals surface area (Å²) in [5.41, 5.74) is -3.37. The Balaban J connectivity index is 2.54. The summed E-state index contributed by atoms with van der Waals surface area (Å²) < 4.78 is 54.6. The number of hydrogen-bond acceptors (Lipinski definition) is 1. The third-order valence-electron chi connectivity index (χ3n) is 3.38. The molecule has 2 aliphatic carbocycles. The lowest BCUT2D eigenvalue weighted by atomic mass is 9.89. The van der Waals surface area contributed by atoms with Crippen molar-refractivity contribution in [3.05, 3.63) is 23.1 Å². The summed E-state index contributed by atoms with van der Waals surface area (Å²) >= 11 is 5.06. The Kier molecular flexibility index (Phi) is 4.73. The van der Waals surface area contributed by atoms with E-state index < -0.39 is 54.4 Å². The van der Waals surface area contributed by atoms with Crippen molar-refractivity contribution in [3.8, 4) is 0 Å². The Labute approximate surface area is 152 Å². The highest BCUT2D eigenvalue weighted by molar-refractivity contribution is 14.2. The van der Waals surface area contributed by atoms with E-state index in [9.17, 15) is 22.4 Å². The molecule has 20 heavy (non-hydrogen) atoms. The largest absolute Gasteiger partial charge is 0.481 e. The molecule has 0 aliphatic heterocycles. The van der Waals surface area contributed by atoms with Gasteiger partial charge < -0.3 is 5.11 Å². The molecule has 112 valence electrons. The van der Waals surface area contributed by atoms with Gasteiger partial charge in [-0.2, -0.15) is 0 Å². The Morgan fingerprint density at radius 3 is 2.30 bits per heavy atom. The van der Waals surface area contributed by atoms with Gasteiger partial charge in [0, 0.05) is 22.3 Å². The van der Waals surface area contributed by atoms with E-state index in [1.54, 1.807) is 67.8 Å². The second-order valence-electron chi connectivity index (χ2n) is 4.69. The summed E-state index contributed by atoms with van der Waals surface area (Å²) in [4.78, 5) is 11.1. The molecule has 0 heterocycles. The quantitative estimate of drug-likeness (QED) is 0.277. The first-order chi connectivity index (χ1) is 9.08. The highest BCUT2D eigenvalue weighted by Gasteiger charge is 2.70. The molecule has 0 bridgehead atoms. The fraction of sp³-hybridized carbons (Fsp3) is 0.545. The topological polar surface area (TPSA) is 37.3 Å².